The van der Waals surface area contributed by atoms with Gasteiger partial charge in [-0.25, -0.2) is 0 Å². The van der Waals surface area contributed by atoms with E-state index in [0.29, 0.717) is 6.10 Å². The zero-order valence-corrected chi connectivity index (χ0v) is 12.6. The van der Waals surface area contributed by atoms with Crippen molar-refractivity contribution in [2.24, 2.45) is 0 Å². The molecule has 20 heavy (non-hydrogen) atoms. The first kappa shape index (κ1) is 15.3. The summed E-state index contributed by atoms with van der Waals surface area (Å²) >= 11 is 0. The van der Waals surface area contributed by atoms with E-state index in [2.05, 4.69) is 24.4 Å². The summed E-state index contributed by atoms with van der Waals surface area (Å²) in [5.41, 5.74) is 1.29. The average Bonchev–Trinajstić information content (AvgIpc) is 2.99. The predicted octanol–water partition coefficient (Wildman–Crippen LogP) is 3.52. The zero-order chi connectivity index (χ0) is 14.0. The molecule has 1 saturated carbocycles. The molecule has 0 spiro atoms. The van der Waals surface area contributed by atoms with Gasteiger partial charge < -0.3 is 14.8 Å². The van der Waals surface area contributed by atoms with E-state index in [9.17, 15) is 0 Å². The van der Waals surface area contributed by atoms with Crippen LogP contribution >= 0.6 is 0 Å². The Balaban J connectivity index is 1.56. The number of nitrogens with one attached hydrogen (secondary N) is 1. The quantitative estimate of drug-likeness (QED) is 0.701. The molecule has 1 aliphatic rings. The molecule has 1 aliphatic carbocycles. The third kappa shape index (κ3) is 5.51. The second kappa shape index (κ2) is 8.98. The SMILES string of the molecule is CCCOc1ccc(CNCCOC2CCCC2)cc1. The highest BCUT2D eigenvalue weighted by Gasteiger charge is 2.14. The molecular weight excluding hydrogens is 250 g/mol. The summed E-state index contributed by atoms with van der Waals surface area (Å²) in [6.45, 7) is 5.54. The van der Waals surface area contributed by atoms with Gasteiger partial charge in [0.15, 0.2) is 0 Å². The summed E-state index contributed by atoms with van der Waals surface area (Å²) in [7, 11) is 0. The lowest BCUT2D eigenvalue weighted by atomic mass is 10.2. The smallest absolute Gasteiger partial charge is 0.119 e. The minimum absolute atomic E-state index is 0.520. The van der Waals surface area contributed by atoms with Crippen LogP contribution in [-0.2, 0) is 11.3 Å². The lowest BCUT2D eigenvalue weighted by Crippen LogP contribution is -2.21. The minimum Gasteiger partial charge on any atom is -0.494 e. The Kier molecular flexibility index (Phi) is 6.89. The van der Waals surface area contributed by atoms with Crippen LogP contribution in [0.1, 0.15) is 44.6 Å². The van der Waals surface area contributed by atoms with Crippen molar-refractivity contribution in [1.29, 1.82) is 0 Å². The second-order valence-corrected chi connectivity index (χ2v) is 5.45. The van der Waals surface area contributed by atoms with Crippen LogP contribution in [0.5, 0.6) is 5.75 Å². The summed E-state index contributed by atoms with van der Waals surface area (Å²) in [5.74, 6) is 0.958. The predicted molar refractivity (Wildman–Crippen MR) is 82.1 cm³/mol. The fourth-order valence-electron chi connectivity index (χ4n) is 2.51. The van der Waals surface area contributed by atoms with E-state index in [4.69, 9.17) is 9.47 Å². The van der Waals surface area contributed by atoms with Crippen molar-refractivity contribution >= 4 is 0 Å². The molecule has 0 atom stereocenters. The van der Waals surface area contributed by atoms with Crippen molar-refractivity contribution < 1.29 is 9.47 Å². The molecule has 1 aromatic carbocycles. The molecule has 0 radical (unpaired) electrons. The maximum Gasteiger partial charge on any atom is 0.119 e. The Bertz CT molecular complexity index is 358. The van der Waals surface area contributed by atoms with E-state index < -0.39 is 0 Å². The van der Waals surface area contributed by atoms with Crippen LogP contribution in [0, 0.1) is 0 Å². The molecule has 3 nitrogen and oxygen atoms in total. The Labute approximate surface area is 122 Å². The topological polar surface area (TPSA) is 30.5 Å². The number of hydrogen-bond acceptors (Lipinski definition) is 3. The molecule has 0 saturated heterocycles. The molecule has 0 aromatic heterocycles. The number of ether oxygens (including phenoxy) is 2. The van der Waals surface area contributed by atoms with Gasteiger partial charge in [-0.2, -0.15) is 0 Å². The molecule has 0 bridgehead atoms. The highest BCUT2D eigenvalue weighted by atomic mass is 16.5. The third-order valence-electron chi connectivity index (χ3n) is 3.66. The first-order valence-electron chi connectivity index (χ1n) is 7.92. The van der Waals surface area contributed by atoms with E-state index >= 15 is 0 Å². The molecule has 0 aliphatic heterocycles. The maximum atomic E-state index is 5.82. The van der Waals surface area contributed by atoms with Gasteiger partial charge in [0.1, 0.15) is 5.75 Å². The first-order chi connectivity index (χ1) is 9.88. The van der Waals surface area contributed by atoms with Crippen molar-refractivity contribution in [1.82, 2.24) is 5.32 Å². The van der Waals surface area contributed by atoms with Crippen LogP contribution in [0.3, 0.4) is 0 Å². The third-order valence-corrected chi connectivity index (χ3v) is 3.66. The van der Waals surface area contributed by atoms with Crippen molar-refractivity contribution in [2.45, 2.75) is 51.7 Å². The zero-order valence-electron chi connectivity index (χ0n) is 12.6. The Morgan fingerprint density at radius 1 is 1.10 bits per heavy atom. The molecule has 0 unspecified atom stereocenters. The van der Waals surface area contributed by atoms with Crippen molar-refractivity contribution in [3.63, 3.8) is 0 Å². The van der Waals surface area contributed by atoms with Crippen LogP contribution in [0.2, 0.25) is 0 Å². The van der Waals surface area contributed by atoms with E-state index in [1.54, 1.807) is 0 Å². The Hall–Kier alpha value is -1.06. The summed E-state index contributed by atoms with van der Waals surface area (Å²) in [5, 5.41) is 3.42. The Morgan fingerprint density at radius 3 is 2.55 bits per heavy atom. The first-order valence-corrected chi connectivity index (χ1v) is 7.92. The highest BCUT2D eigenvalue weighted by Crippen LogP contribution is 2.20. The largest absolute Gasteiger partial charge is 0.494 e. The van der Waals surface area contributed by atoms with Gasteiger partial charge in [0.05, 0.1) is 19.3 Å². The highest BCUT2D eigenvalue weighted by molar-refractivity contribution is 5.27. The van der Waals surface area contributed by atoms with Crippen molar-refractivity contribution in [3.05, 3.63) is 29.8 Å². The summed E-state index contributed by atoms with van der Waals surface area (Å²) in [6, 6.07) is 8.33. The fourth-order valence-corrected chi connectivity index (χ4v) is 2.51. The Morgan fingerprint density at radius 2 is 1.85 bits per heavy atom. The maximum absolute atomic E-state index is 5.82. The molecule has 0 heterocycles. The molecule has 1 fully saturated rings. The van der Waals surface area contributed by atoms with Crippen molar-refractivity contribution in [3.8, 4) is 5.75 Å². The van der Waals surface area contributed by atoms with Gasteiger partial charge in [0, 0.05) is 13.1 Å². The van der Waals surface area contributed by atoms with Crippen LogP contribution in [-0.4, -0.2) is 25.9 Å². The van der Waals surface area contributed by atoms with E-state index in [1.807, 2.05) is 12.1 Å². The van der Waals surface area contributed by atoms with Crippen LogP contribution < -0.4 is 10.1 Å². The number of hydrogen-bond donors (Lipinski definition) is 1. The molecule has 3 heteroatoms. The van der Waals surface area contributed by atoms with Gasteiger partial charge in [-0.15, -0.1) is 0 Å². The van der Waals surface area contributed by atoms with E-state index in [0.717, 1.165) is 38.5 Å². The molecule has 1 aromatic rings. The molecule has 2 rings (SSSR count). The van der Waals surface area contributed by atoms with Gasteiger partial charge in [0.25, 0.3) is 0 Å². The minimum atomic E-state index is 0.520. The van der Waals surface area contributed by atoms with Gasteiger partial charge in [-0.3, -0.25) is 0 Å². The van der Waals surface area contributed by atoms with Crippen LogP contribution in [0.4, 0.5) is 0 Å². The van der Waals surface area contributed by atoms with Crippen molar-refractivity contribution in [2.75, 3.05) is 19.8 Å². The molecule has 112 valence electrons. The standard InChI is InChI=1S/C17H27NO2/c1-2-12-19-17-9-7-15(8-10-17)14-18-11-13-20-16-5-3-4-6-16/h7-10,16,18H,2-6,11-14H2,1H3. The lowest BCUT2D eigenvalue weighted by Gasteiger charge is -2.11. The fraction of sp³-hybridized carbons (Fsp3) is 0.647. The molecular formula is C17H27NO2. The van der Waals surface area contributed by atoms with Gasteiger partial charge in [-0.1, -0.05) is 31.9 Å². The van der Waals surface area contributed by atoms with E-state index in [-0.39, 0.29) is 0 Å². The van der Waals surface area contributed by atoms with Crippen LogP contribution in [0.15, 0.2) is 24.3 Å². The van der Waals surface area contributed by atoms with Gasteiger partial charge >= 0.3 is 0 Å². The van der Waals surface area contributed by atoms with Crippen LogP contribution in [0.25, 0.3) is 0 Å². The summed E-state index contributed by atoms with van der Waals surface area (Å²) < 4.78 is 11.4. The summed E-state index contributed by atoms with van der Waals surface area (Å²) in [4.78, 5) is 0. The lowest BCUT2D eigenvalue weighted by molar-refractivity contribution is 0.0603. The van der Waals surface area contributed by atoms with Gasteiger partial charge in [0.2, 0.25) is 0 Å². The molecule has 0 amide bonds. The van der Waals surface area contributed by atoms with Gasteiger partial charge in [-0.05, 0) is 37.0 Å². The average molecular weight is 277 g/mol. The number of rotatable bonds is 9. The molecule has 1 N–H and O–H groups in total. The number of benzene rings is 1. The normalized spacial score (nSPS) is 15.7. The monoisotopic (exact) mass is 277 g/mol. The summed E-state index contributed by atoms with van der Waals surface area (Å²) in [6.07, 6.45) is 6.74. The second-order valence-electron chi connectivity index (χ2n) is 5.45. The van der Waals surface area contributed by atoms with E-state index in [1.165, 1.54) is 31.2 Å².